The van der Waals surface area contributed by atoms with Gasteiger partial charge in [-0.25, -0.2) is 4.98 Å². The molecule has 2 fully saturated rings. The fourth-order valence-corrected chi connectivity index (χ4v) is 4.37. The van der Waals surface area contributed by atoms with Crippen molar-refractivity contribution in [1.82, 2.24) is 15.2 Å². The molecule has 1 aromatic heterocycles. The number of rotatable bonds is 7. The Bertz CT molecular complexity index is 856. The van der Waals surface area contributed by atoms with Crippen molar-refractivity contribution in [2.45, 2.75) is 50.7 Å². The summed E-state index contributed by atoms with van der Waals surface area (Å²) in [7, 11) is 1.21. The average Bonchev–Trinajstić information content (AvgIpc) is 3.28. The molecule has 0 spiro atoms. The number of amides is 2. The molecule has 33 heavy (non-hydrogen) atoms. The summed E-state index contributed by atoms with van der Waals surface area (Å²) in [6, 6.07) is 2.94. The number of likely N-dealkylation sites (tertiary alicyclic amines) is 1. The lowest BCUT2D eigenvalue weighted by Gasteiger charge is -2.33. The van der Waals surface area contributed by atoms with Gasteiger partial charge >= 0.3 is 12.1 Å². The summed E-state index contributed by atoms with van der Waals surface area (Å²) in [5.74, 6) is -2.84. The molecule has 2 heterocycles. The molecule has 2 aliphatic rings. The van der Waals surface area contributed by atoms with Gasteiger partial charge in [-0.15, -0.1) is 0 Å². The topological polar surface area (TPSA) is 97.8 Å². The molecule has 1 aliphatic carbocycles. The summed E-state index contributed by atoms with van der Waals surface area (Å²) >= 11 is 0. The van der Waals surface area contributed by atoms with Crippen molar-refractivity contribution in [1.29, 1.82) is 0 Å². The lowest BCUT2D eigenvalue weighted by molar-refractivity contribution is -0.185. The molecule has 1 saturated heterocycles. The van der Waals surface area contributed by atoms with Crippen LogP contribution in [0.2, 0.25) is 0 Å². The van der Waals surface area contributed by atoms with Crippen molar-refractivity contribution < 1.29 is 37.0 Å². The first-order valence-electron chi connectivity index (χ1n) is 11.0. The highest BCUT2D eigenvalue weighted by atomic mass is 19.4. The lowest BCUT2D eigenvalue weighted by Crippen LogP contribution is -2.44. The third-order valence-corrected chi connectivity index (χ3v) is 6.24. The Morgan fingerprint density at radius 2 is 1.91 bits per heavy atom. The number of ether oxygens (including phenoxy) is 2. The maximum absolute atomic E-state index is 13.0. The summed E-state index contributed by atoms with van der Waals surface area (Å²) in [5.41, 5.74) is 0.00255. The van der Waals surface area contributed by atoms with E-state index in [-0.39, 0.29) is 62.2 Å². The Balaban J connectivity index is 1.57. The van der Waals surface area contributed by atoms with Crippen LogP contribution in [0, 0.1) is 11.8 Å². The molecule has 1 atom stereocenters. The van der Waals surface area contributed by atoms with Gasteiger partial charge in [0, 0.05) is 18.7 Å². The minimum Gasteiger partial charge on any atom is -0.489 e. The summed E-state index contributed by atoms with van der Waals surface area (Å²) in [6.07, 6.45) is -0.875. The van der Waals surface area contributed by atoms with Crippen LogP contribution in [-0.2, 0) is 14.3 Å². The fraction of sp³-hybridized carbons (Fsp3) is 0.636. The minimum absolute atomic E-state index is 0.00255. The fourth-order valence-electron chi connectivity index (χ4n) is 4.37. The Hall–Kier alpha value is -2.85. The van der Waals surface area contributed by atoms with E-state index >= 15 is 0 Å². The van der Waals surface area contributed by atoms with Gasteiger partial charge in [0.05, 0.1) is 19.1 Å². The number of hydrogen-bond donors (Lipinski definition) is 1. The number of carbonyl (C=O) groups excluding carboxylic acids is 3. The van der Waals surface area contributed by atoms with Crippen molar-refractivity contribution in [2.75, 3.05) is 26.8 Å². The highest BCUT2D eigenvalue weighted by molar-refractivity contribution is 5.96. The standard InChI is InChI=1S/C22H28F3N3O5/c1-32-18(29)12-27-20(30)19-17(5-2-10-26-19)33-13-16-4-3-11-28(16)21(31)14-6-8-15(9-7-14)22(23,24)25/h2,5,10,14-16H,3-4,6-9,11-13H2,1H3,(H,27,30)/t14?,15?,16-/m1/s1. The molecule has 1 aromatic rings. The molecule has 182 valence electrons. The van der Waals surface area contributed by atoms with E-state index in [4.69, 9.17) is 4.74 Å². The number of methoxy groups -OCH3 is 1. The van der Waals surface area contributed by atoms with E-state index in [1.165, 1.54) is 13.3 Å². The summed E-state index contributed by atoms with van der Waals surface area (Å²) < 4.78 is 49.1. The number of alkyl halides is 3. The molecule has 0 unspecified atom stereocenters. The van der Waals surface area contributed by atoms with Crippen LogP contribution in [0.15, 0.2) is 18.3 Å². The molecule has 1 N–H and O–H groups in total. The van der Waals surface area contributed by atoms with Crippen molar-refractivity contribution in [3.8, 4) is 5.75 Å². The maximum atomic E-state index is 13.0. The van der Waals surface area contributed by atoms with E-state index in [1.807, 2.05) is 0 Å². The second-order valence-corrected chi connectivity index (χ2v) is 8.34. The van der Waals surface area contributed by atoms with Gasteiger partial charge in [0.2, 0.25) is 5.91 Å². The summed E-state index contributed by atoms with van der Waals surface area (Å²) in [4.78, 5) is 42.3. The van der Waals surface area contributed by atoms with Crippen molar-refractivity contribution in [3.63, 3.8) is 0 Å². The van der Waals surface area contributed by atoms with Crippen LogP contribution >= 0.6 is 0 Å². The van der Waals surface area contributed by atoms with Crippen molar-refractivity contribution in [3.05, 3.63) is 24.0 Å². The van der Waals surface area contributed by atoms with Crippen LogP contribution in [0.25, 0.3) is 0 Å². The molecule has 3 rings (SSSR count). The van der Waals surface area contributed by atoms with E-state index in [9.17, 15) is 27.6 Å². The number of hydrogen-bond acceptors (Lipinski definition) is 6. The number of carbonyl (C=O) groups is 3. The van der Waals surface area contributed by atoms with Crippen molar-refractivity contribution >= 4 is 17.8 Å². The van der Waals surface area contributed by atoms with Gasteiger partial charge in [-0.3, -0.25) is 14.4 Å². The Labute approximate surface area is 189 Å². The quantitative estimate of drug-likeness (QED) is 0.615. The first-order chi connectivity index (χ1) is 15.7. The molecule has 1 aliphatic heterocycles. The van der Waals surface area contributed by atoms with E-state index < -0.39 is 29.9 Å². The zero-order valence-corrected chi connectivity index (χ0v) is 18.4. The number of halogens is 3. The number of nitrogens with one attached hydrogen (secondary N) is 1. The molecular formula is C22H28F3N3O5. The SMILES string of the molecule is COC(=O)CNC(=O)c1ncccc1OC[C@H]1CCCN1C(=O)C1CCC(C(F)(F)F)CC1. The highest BCUT2D eigenvalue weighted by Gasteiger charge is 2.44. The molecule has 8 nitrogen and oxygen atoms in total. The lowest BCUT2D eigenvalue weighted by atomic mass is 9.81. The Morgan fingerprint density at radius 3 is 2.58 bits per heavy atom. The monoisotopic (exact) mass is 471 g/mol. The molecule has 0 radical (unpaired) electrons. The van der Waals surface area contributed by atoms with Crippen LogP contribution in [0.1, 0.15) is 49.0 Å². The summed E-state index contributed by atoms with van der Waals surface area (Å²) in [6.45, 7) is 0.352. The predicted molar refractivity (Wildman–Crippen MR) is 110 cm³/mol. The van der Waals surface area contributed by atoms with E-state index in [0.29, 0.717) is 13.0 Å². The van der Waals surface area contributed by atoms with Gasteiger partial charge in [-0.2, -0.15) is 13.2 Å². The van der Waals surface area contributed by atoms with Crippen LogP contribution in [-0.4, -0.2) is 66.7 Å². The van der Waals surface area contributed by atoms with Crippen molar-refractivity contribution in [2.24, 2.45) is 11.8 Å². The predicted octanol–water partition coefficient (Wildman–Crippen LogP) is 2.72. The zero-order valence-electron chi connectivity index (χ0n) is 18.4. The normalized spacial score (nSPS) is 23.2. The average molecular weight is 471 g/mol. The van der Waals surface area contributed by atoms with E-state index in [0.717, 1.165) is 6.42 Å². The second kappa shape index (κ2) is 10.8. The van der Waals surface area contributed by atoms with Gasteiger partial charge in [-0.05, 0) is 50.7 Å². The van der Waals surface area contributed by atoms with Gasteiger partial charge in [0.25, 0.3) is 5.91 Å². The number of esters is 1. The maximum Gasteiger partial charge on any atom is 0.391 e. The minimum atomic E-state index is -4.21. The summed E-state index contributed by atoms with van der Waals surface area (Å²) in [5, 5.41) is 2.40. The molecule has 1 saturated carbocycles. The molecule has 2 amide bonds. The molecule has 11 heteroatoms. The number of pyridine rings is 1. The highest BCUT2D eigenvalue weighted by Crippen LogP contribution is 2.40. The second-order valence-electron chi connectivity index (χ2n) is 8.34. The first-order valence-corrected chi connectivity index (χ1v) is 11.0. The van der Waals surface area contributed by atoms with Crippen LogP contribution in [0.3, 0.4) is 0 Å². The Kier molecular flexibility index (Phi) is 8.15. The smallest absolute Gasteiger partial charge is 0.391 e. The third-order valence-electron chi connectivity index (χ3n) is 6.24. The zero-order chi connectivity index (χ0) is 24.0. The largest absolute Gasteiger partial charge is 0.489 e. The van der Waals surface area contributed by atoms with Crippen LogP contribution in [0.4, 0.5) is 13.2 Å². The van der Waals surface area contributed by atoms with Gasteiger partial charge in [-0.1, -0.05) is 0 Å². The van der Waals surface area contributed by atoms with E-state index in [2.05, 4.69) is 15.0 Å². The first kappa shape index (κ1) is 24.8. The third kappa shape index (κ3) is 6.35. The van der Waals surface area contributed by atoms with E-state index in [1.54, 1.807) is 17.0 Å². The van der Waals surface area contributed by atoms with Gasteiger partial charge in [0.15, 0.2) is 11.4 Å². The molecule has 0 bridgehead atoms. The Morgan fingerprint density at radius 1 is 1.18 bits per heavy atom. The van der Waals surface area contributed by atoms with Gasteiger partial charge in [0.1, 0.15) is 13.2 Å². The van der Waals surface area contributed by atoms with Crippen LogP contribution in [0.5, 0.6) is 5.75 Å². The van der Waals surface area contributed by atoms with Crippen LogP contribution < -0.4 is 10.1 Å². The number of aromatic nitrogens is 1. The molecule has 0 aromatic carbocycles. The van der Waals surface area contributed by atoms with Gasteiger partial charge < -0.3 is 19.7 Å². The number of nitrogens with zero attached hydrogens (tertiary/aromatic N) is 2. The molecular weight excluding hydrogens is 443 g/mol.